The standard InChI is InChI=1S/C23H22ClFN2O3S/c24-19-10-14-21(15-11-19)27(31(29,30)22-6-2-1-3-7-22)17-23(28)26-16-4-5-18-8-12-20(25)13-9-18/h1-3,6-15H,4-5,16-17H2,(H,26,28). The minimum Gasteiger partial charge on any atom is -0.355 e. The Bertz CT molecular complexity index is 1110. The number of aryl methyl sites for hydroxylation is 1. The van der Waals surface area contributed by atoms with Crippen molar-refractivity contribution in [2.75, 3.05) is 17.4 Å². The van der Waals surface area contributed by atoms with Crippen molar-refractivity contribution >= 4 is 33.2 Å². The number of sulfonamides is 1. The second-order valence-corrected chi connectivity index (χ2v) is 9.18. The number of nitrogens with one attached hydrogen (secondary N) is 1. The van der Waals surface area contributed by atoms with Crippen LogP contribution in [0.25, 0.3) is 0 Å². The normalized spacial score (nSPS) is 11.2. The number of nitrogens with zero attached hydrogens (tertiary/aromatic N) is 1. The number of halogens is 2. The summed E-state index contributed by atoms with van der Waals surface area (Å²) in [4.78, 5) is 12.6. The van der Waals surface area contributed by atoms with Gasteiger partial charge in [-0.15, -0.1) is 0 Å². The Kier molecular flexibility index (Phi) is 7.65. The number of rotatable bonds is 9. The Morgan fingerprint density at radius 2 is 1.58 bits per heavy atom. The summed E-state index contributed by atoms with van der Waals surface area (Å²) in [6, 6.07) is 20.4. The first-order valence-electron chi connectivity index (χ1n) is 9.71. The molecule has 0 aliphatic carbocycles. The van der Waals surface area contributed by atoms with Crippen LogP contribution in [-0.2, 0) is 21.2 Å². The fraction of sp³-hybridized carbons (Fsp3) is 0.174. The molecular weight excluding hydrogens is 439 g/mol. The first-order valence-corrected chi connectivity index (χ1v) is 11.5. The quantitative estimate of drug-likeness (QED) is 0.480. The number of benzene rings is 3. The molecule has 0 saturated carbocycles. The van der Waals surface area contributed by atoms with Crippen molar-refractivity contribution in [3.8, 4) is 0 Å². The first kappa shape index (κ1) is 22.8. The Morgan fingerprint density at radius 1 is 0.935 bits per heavy atom. The van der Waals surface area contributed by atoms with E-state index in [1.165, 1.54) is 24.3 Å². The molecule has 5 nitrogen and oxygen atoms in total. The van der Waals surface area contributed by atoms with Crippen molar-refractivity contribution in [2.24, 2.45) is 0 Å². The monoisotopic (exact) mass is 460 g/mol. The topological polar surface area (TPSA) is 66.5 Å². The predicted octanol–water partition coefficient (Wildman–Crippen LogP) is 4.42. The number of carbonyl (C=O) groups is 1. The lowest BCUT2D eigenvalue weighted by atomic mass is 10.1. The van der Waals surface area contributed by atoms with Crippen molar-refractivity contribution < 1.29 is 17.6 Å². The van der Waals surface area contributed by atoms with Crippen LogP contribution in [0.2, 0.25) is 5.02 Å². The van der Waals surface area contributed by atoms with Gasteiger partial charge in [-0.25, -0.2) is 12.8 Å². The van der Waals surface area contributed by atoms with Crippen LogP contribution in [0, 0.1) is 5.82 Å². The summed E-state index contributed by atoms with van der Waals surface area (Å²) in [5.41, 5.74) is 1.31. The maximum atomic E-state index is 13.2. The average molecular weight is 461 g/mol. The molecule has 3 aromatic carbocycles. The molecule has 31 heavy (non-hydrogen) atoms. The molecule has 0 spiro atoms. The zero-order valence-electron chi connectivity index (χ0n) is 16.7. The Morgan fingerprint density at radius 3 is 2.23 bits per heavy atom. The highest BCUT2D eigenvalue weighted by Crippen LogP contribution is 2.25. The summed E-state index contributed by atoms with van der Waals surface area (Å²) in [5, 5.41) is 3.22. The van der Waals surface area contributed by atoms with E-state index in [0.29, 0.717) is 30.1 Å². The van der Waals surface area contributed by atoms with Crippen LogP contribution in [0.15, 0.2) is 83.8 Å². The highest BCUT2D eigenvalue weighted by Gasteiger charge is 2.26. The van der Waals surface area contributed by atoms with Crippen LogP contribution < -0.4 is 9.62 Å². The number of amides is 1. The van der Waals surface area contributed by atoms with E-state index in [4.69, 9.17) is 11.6 Å². The molecule has 0 fully saturated rings. The van der Waals surface area contributed by atoms with Crippen LogP contribution in [0.4, 0.5) is 10.1 Å². The molecule has 0 heterocycles. The van der Waals surface area contributed by atoms with Crippen LogP contribution in [0.1, 0.15) is 12.0 Å². The molecule has 0 bridgehead atoms. The summed E-state index contributed by atoms with van der Waals surface area (Å²) in [5.74, 6) is -0.715. The fourth-order valence-corrected chi connectivity index (χ4v) is 4.57. The van der Waals surface area contributed by atoms with E-state index in [1.807, 2.05) is 0 Å². The molecule has 162 valence electrons. The van der Waals surface area contributed by atoms with Gasteiger partial charge in [-0.2, -0.15) is 0 Å². The summed E-state index contributed by atoms with van der Waals surface area (Å²) in [6.45, 7) is 0.00542. The highest BCUT2D eigenvalue weighted by atomic mass is 35.5. The van der Waals surface area contributed by atoms with Gasteiger partial charge < -0.3 is 5.32 Å². The van der Waals surface area contributed by atoms with Gasteiger partial charge in [0.05, 0.1) is 10.6 Å². The molecule has 1 N–H and O–H groups in total. The van der Waals surface area contributed by atoms with Gasteiger partial charge in [0.15, 0.2) is 0 Å². The largest absolute Gasteiger partial charge is 0.355 e. The van der Waals surface area contributed by atoms with Gasteiger partial charge in [0.2, 0.25) is 5.91 Å². The Balaban J connectivity index is 1.67. The lowest BCUT2D eigenvalue weighted by Crippen LogP contribution is -2.41. The third kappa shape index (κ3) is 6.29. The van der Waals surface area contributed by atoms with E-state index >= 15 is 0 Å². The van der Waals surface area contributed by atoms with Gasteiger partial charge in [0, 0.05) is 11.6 Å². The van der Waals surface area contributed by atoms with E-state index < -0.39 is 15.9 Å². The van der Waals surface area contributed by atoms with Crippen molar-refractivity contribution in [1.29, 1.82) is 0 Å². The van der Waals surface area contributed by atoms with Gasteiger partial charge in [-0.05, 0) is 66.9 Å². The van der Waals surface area contributed by atoms with E-state index in [2.05, 4.69) is 5.32 Å². The van der Waals surface area contributed by atoms with Crippen molar-refractivity contribution in [1.82, 2.24) is 5.32 Å². The molecule has 0 unspecified atom stereocenters. The van der Waals surface area contributed by atoms with Crippen molar-refractivity contribution in [3.63, 3.8) is 0 Å². The van der Waals surface area contributed by atoms with E-state index in [0.717, 1.165) is 9.87 Å². The fourth-order valence-electron chi connectivity index (χ4n) is 3.00. The minimum atomic E-state index is -3.95. The summed E-state index contributed by atoms with van der Waals surface area (Å²) in [6.07, 6.45) is 1.31. The zero-order chi connectivity index (χ0) is 22.3. The molecule has 8 heteroatoms. The summed E-state index contributed by atoms with van der Waals surface area (Å²) < 4.78 is 40.4. The molecular formula is C23H22ClFN2O3S. The van der Waals surface area contributed by atoms with Gasteiger partial charge in [-0.1, -0.05) is 41.9 Å². The molecule has 1 amide bonds. The summed E-state index contributed by atoms with van der Waals surface area (Å²) in [7, 11) is -3.95. The lowest BCUT2D eigenvalue weighted by Gasteiger charge is -2.24. The van der Waals surface area contributed by atoms with E-state index in [9.17, 15) is 17.6 Å². The van der Waals surface area contributed by atoms with E-state index in [-0.39, 0.29) is 17.3 Å². The van der Waals surface area contributed by atoms with Crippen molar-refractivity contribution in [3.05, 3.63) is 95.3 Å². The number of anilines is 1. The molecule has 0 aliphatic heterocycles. The van der Waals surface area contributed by atoms with Crippen molar-refractivity contribution in [2.45, 2.75) is 17.7 Å². The van der Waals surface area contributed by atoms with E-state index in [1.54, 1.807) is 54.6 Å². The van der Waals surface area contributed by atoms with Crippen LogP contribution >= 0.6 is 11.6 Å². The van der Waals surface area contributed by atoms with Crippen LogP contribution in [0.3, 0.4) is 0 Å². The second kappa shape index (κ2) is 10.4. The van der Waals surface area contributed by atoms with Crippen LogP contribution in [-0.4, -0.2) is 27.4 Å². The SMILES string of the molecule is O=C(CN(c1ccc(Cl)cc1)S(=O)(=O)c1ccccc1)NCCCc1ccc(F)cc1. The second-order valence-electron chi connectivity index (χ2n) is 6.88. The molecule has 0 aromatic heterocycles. The summed E-state index contributed by atoms with van der Waals surface area (Å²) >= 11 is 5.93. The molecule has 0 aliphatic rings. The molecule has 3 rings (SSSR count). The van der Waals surface area contributed by atoms with Gasteiger partial charge >= 0.3 is 0 Å². The average Bonchev–Trinajstić information content (AvgIpc) is 2.77. The lowest BCUT2D eigenvalue weighted by molar-refractivity contribution is -0.119. The highest BCUT2D eigenvalue weighted by molar-refractivity contribution is 7.92. The molecule has 0 atom stereocenters. The first-order chi connectivity index (χ1) is 14.9. The minimum absolute atomic E-state index is 0.0917. The maximum Gasteiger partial charge on any atom is 0.264 e. The number of hydrogen-bond donors (Lipinski definition) is 1. The van der Waals surface area contributed by atoms with Gasteiger partial charge in [-0.3, -0.25) is 9.10 Å². The smallest absolute Gasteiger partial charge is 0.264 e. The predicted molar refractivity (Wildman–Crippen MR) is 120 cm³/mol. The third-order valence-corrected chi connectivity index (χ3v) is 6.65. The maximum absolute atomic E-state index is 13.2. The molecule has 0 radical (unpaired) electrons. The Labute approximate surface area is 186 Å². The Hall–Kier alpha value is -2.90. The third-order valence-electron chi connectivity index (χ3n) is 4.61. The molecule has 3 aromatic rings. The van der Waals surface area contributed by atoms with Gasteiger partial charge in [0.1, 0.15) is 12.4 Å². The number of carbonyl (C=O) groups excluding carboxylic acids is 1. The van der Waals surface area contributed by atoms with Crippen LogP contribution in [0.5, 0.6) is 0 Å². The zero-order valence-corrected chi connectivity index (χ0v) is 18.2. The number of hydrogen-bond acceptors (Lipinski definition) is 3. The molecule has 0 saturated heterocycles. The van der Waals surface area contributed by atoms with Gasteiger partial charge in [0.25, 0.3) is 10.0 Å².